The van der Waals surface area contributed by atoms with Gasteiger partial charge in [0.15, 0.2) is 5.82 Å². The summed E-state index contributed by atoms with van der Waals surface area (Å²) in [5, 5.41) is 3.51. The third-order valence-electron chi connectivity index (χ3n) is 2.86. The average Bonchev–Trinajstić information content (AvgIpc) is 3.03. The van der Waals surface area contributed by atoms with Crippen molar-refractivity contribution in [2.75, 3.05) is 5.32 Å². The van der Waals surface area contributed by atoms with E-state index in [2.05, 4.69) is 14.7 Å². The molecule has 0 bridgehead atoms. The second-order valence-electron chi connectivity index (χ2n) is 4.53. The summed E-state index contributed by atoms with van der Waals surface area (Å²) in [5.74, 6) is -0.857. The topological polar surface area (TPSA) is 37.8 Å². The predicted octanol–water partition coefficient (Wildman–Crippen LogP) is 3.94. The van der Waals surface area contributed by atoms with Crippen LogP contribution in [0.2, 0.25) is 0 Å². The summed E-state index contributed by atoms with van der Waals surface area (Å²) >= 11 is 0.976. The van der Waals surface area contributed by atoms with E-state index in [0.717, 1.165) is 36.5 Å². The molecule has 0 unspecified atom stereocenters. The third kappa shape index (κ3) is 2.74. The summed E-state index contributed by atoms with van der Waals surface area (Å²) in [7, 11) is 0. The van der Waals surface area contributed by atoms with E-state index in [1.165, 1.54) is 0 Å². The minimum atomic E-state index is -4.57. The number of halogens is 4. The van der Waals surface area contributed by atoms with Crippen LogP contribution >= 0.6 is 11.5 Å². The molecule has 0 amide bonds. The molecule has 1 aromatic heterocycles. The van der Waals surface area contributed by atoms with Crippen molar-refractivity contribution in [1.82, 2.24) is 9.36 Å². The van der Waals surface area contributed by atoms with Crippen molar-refractivity contribution < 1.29 is 17.6 Å². The Bertz CT molecular complexity index is 634. The predicted molar refractivity (Wildman–Crippen MR) is 66.9 cm³/mol. The van der Waals surface area contributed by atoms with Gasteiger partial charge in [0.1, 0.15) is 5.82 Å². The molecule has 106 valence electrons. The number of hydrogen-bond acceptors (Lipinski definition) is 4. The highest BCUT2D eigenvalue weighted by atomic mass is 32.1. The Morgan fingerprint density at radius 1 is 1.25 bits per heavy atom. The van der Waals surface area contributed by atoms with Crippen molar-refractivity contribution in [3.05, 3.63) is 29.6 Å². The van der Waals surface area contributed by atoms with Crippen molar-refractivity contribution in [2.45, 2.75) is 25.1 Å². The van der Waals surface area contributed by atoms with E-state index >= 15 is 0 Å². The molecule has 8 heteroatoms. The van der Waals surface area contributed by atoms with Crippen LogP contribution in [0.5, 0.6) is 0 Å². The van der Waals surface area contributed by atoms with Gasteiger partial charge in [-0.1, -0.05) is 0 Å². The van der Waals surface area contributed by atoms with Gasteiger partial charge in [-0.3, -0.25) is 0 Å². The van der Waals surface area contributed by atoms with Gasteiger partial charge in [-0.2, -0.15) is 22.5 Å². The van der Waals surface area contributed by atoms with E-state index in [1.807, 2.05) is 0 Å². The van der Waals surface area contributed by atoms with Crippen molar-refractivity contribution in [3.63, 3.8) is 0 Å². The van der Waals surface area contributed by atoms with Crippen LogP contribution in [-0.4, -0.2) is 15.4 Å². The lowest BCUT2D eigenvalue weighted by Gasteiger charge is -2.10. The van der Waals surface area contributed by atoms with Crippen LogP contribution in [0.4, 0.5) is 22.7 Å². The number of nitrogens with zero attached hydrogens (tertiary/aromatic N) is 2. The first-order valence-corrected chi connectivity index (χ1v) is 6.68. The number of alkyl halides is 3. The molecular formula is C12H9F4N3S. The largest absolute Gasteiger partial charge is 0.417 e. The highest BCUT2D eigenvalue weighted by Gasteiger charge is 2.35. The Labute approximate surface area is 115 Å². The lowest BCUT2D eigenvalue weighted by molar-refractivity contribution is -0.137. The molecule has 1 aliphatic carbocycles. The molecule has 20 heavy (non-hydrogen) atoms. The van der Waals surface area contributed by atoms with Gasteiger partial charge >= 0.3 is 6.18 Å². The Morgan fingerprint density at radius 2 is 2.00 bits per heavy atom. The molecule has 3 nitrogen and oxygen atoms in total. The Kier molecular flexibility index (Phi) is 3.12. The molecule has 3 rings (SSSR count). The van der Waals surface area contributed by atoms with Crippen LogP contribution in [0, 0.1) is 5.82 Å². The minimum absolute atomic E-state index is 0.107. The highest BCUT2D eigenvalue weighted by Crippen LogP contribution is 2.37. The summed E-state index contributed by atoms with van der Waals surface area (Å²) in [6.07, 6.45) is -2.54. The van der Waals surface area contributed by atoms with Crippen LogP contribution < -0.4 is 5.32 Å². The van der Waals surface area contributed by atoms with Gasteiger partial charge in [-0.15, -0.1) is 0 Å². The summed E-state index contributed by atoms with van der Waals surface area (Å²) < 4.78 is 55.8. The summed E-state index contributed by atoms with van der Waals surface area (Å²) in [5.41, 5.74) is -1.27. The fraction of sp³-hybridized carbons (Fsp3) is 0.333. The maximum Gasteiger partial charge on any atom is 0.417 e. The number of hydrogen-bond donors (Lipinski definition) is 1. The van der Waals surface area contributed by atoms with Gasteiger partial charge in [-0.05, 0) is 31.0 Å². The maximum absolute atomic E-state index is 13.2. The fourth-order valence-electron chi connectivity index (χ4n) is 1.74. The summed E-state index contributed by atoms with van der Waals surface area (Å²) in [6.45, 7) is 0. The molecular weight excluding hydrogens is 294 g/mol. The van der Waals surface area contributed by atoms with Crippen LogP contribution in [0.1, 0.15) is 18.4 Å². The molecule has 1 aromatic carbocycles. The number of benzene rings is 1. The monoisotopic (exact) mass is 303 g/mol. The highest BCUT2D eigenvalue weighted by molar-refractivity contribution is 7.09. The zero-order valence-corrected chi connectivity index (χ0v) is 10.9. The lowest BCUT2D eigenvalue weighted by Crippen LogP contribution is -2.08. The first-order valence-electron chi connectivity index (χ1n) is 5.91. The molecule has 1 heterocycles. The van der Waals surface area contributed by atoms with Crippen LogP contribution in [0.15, 0.2) is 18.2 Å². The number of anilines is 1. The van der Waals surface area contributed by atoms with Crippen molar-refractivity contribution in [3.8, 4) is 11.4 Å². The second kappa shape index (κ2) is 4.69. The first-order chi connectivity index (χ1) is 9.43. The van der Waals surface area contributed by atoms with Crippen LogP contribution in [0.3, 0.4) is 0 Å². The van der Waals surface area contributed by atoms with Gasteiger partial charge in [0, 0.05) is 23.1 Å². The van der Waals surface area contributed by atoms with Crippen LogP contribution in [0.25, 0.3) is 11.4 Å². The summed E-state index contributed by atoms with van der Waals surface area (Å²) in [4.78, 5) is 4.01. The lowest BCUT2D eigenvalue weighted by atomic mass is 10.1. The van der Waals surface area contributed by atoms with Gasteiger partial charge in [0.2, 0.25) is 5.13 Å². The Balaban J connectivity index is 1.99. The van der Waals surface area contributed by atoms with E-state index in [1.54, 1.807) is 0 Å². The second-order valence-corrected chi connectivity index (χ2v) is 5.28. The van der Waals surface area contributed by atoms with Gasteiger partial charge in [0.25, 0.3) is 0 Å². The molecule has 2 aromatic rings. The van der Waals surface area contributed by atoms with E-state index in [0.29, 0.717) is 17.2 Å². The van der Waals surface area contributed by atoms with E-state index in [9.17, 15) is 17.6 Å². The third-order valence-corrected chi connectivity index (χ3v) is 3.51. The fourth-order valence-corrected chi connectivity index (χ4v) is 2.40. The molecule has 1 saturated carbocycles. The Morgan fingerprint density at radius 3 is 2.65 bits per heavy atom. The van der Waals surface area contributed by atoms with E-state index in [-0.39, 0.29) is 11.4 Å². The van der Waals surface area contributed by atoms with Crippen molar-refractivity contribution >= 4 is 16.7 Å². The standard InChI is InChI=1S/C12H9F4N3S/c13-6-1-4-9(12(14,15)16)8(5-6)10-18-11(20-19-10)17-7-2-3-7/h1,4-5,7H,2-3H2,(H,17,18,19). The first kappa shape index (κ1) is 13.3. The van der Waals surface area contributed by atoms with Gasteiger partial charge in [0.05, 0.1) is 5.56 Å². The molecule has 0 atom stereocenters. The zero-order chi connectivity index (χ0) is 14.3. The quantitative estimate of drug-likeness (QED) is 0.873. The van der Waals surface area contributed by atoms with Gasteiger partial charge in [-0.25, -0.2) is 4.39 Å². The maximum atomic E-state index is 13.2. The molecule has 0 saturated heterocycles. The van der Waals surface area contributed by atoms with Gasteiger partial charge < -0.3 is 5.32 Å². The van der Waals surface area contributed by atoms with Crippen LogP contribution in [-0.2, 0) is 6.18 Å². The minimum Gasteiger partial charge on any atom is -0.358 e. The molecule has 0 spiro atoms. The smallest absolute Gasteiger partial charge is 0.358 e. The van der Waals surface area contributed by atoms with E-state index < -0.39 is 17.6 Å². The van der Waals surface area contributed by atoms with Crippen molar-refractivity contribution in [1.29, 1.82) is 0 Å². The number of rotatable bonds is 3. The SMILES string of the molecule is Fc1ccc(C(F)(F)F)c(-c2nsc(NC3CC3)n2)c1. The molecule has 1 fully saturated rings. The summed E-state index contributed by atoms with van der Waals surface area (Å²) in [6, 6.07) is 2.62. The zero-order valence-electron chi connectivity index (χ0n) is 10.0. The van der Waals surface area contributed by atoms with Crippen molar-refractivity contribution in [2.24, 2.45) is 0 Å². The average molecular weight is 303 g/mol. The molecule has 1 N–H and O–H groups in total. The van der Waals surface area contributed by atoms with E-state index in [4.69, 9.17) is 0 Å². The molecule has 0 radical (unpaired) electrons. The number of aromatic nitrogens is 2. The number of nitrogens with one attached hydrogen (secondary N) is 1. The Hall–Kier alpha value is -1.70. The normalized spacial score (nSPS) is 15.4. The molecule has 1 aliphatic rings. The molecule has 0 aliphatic heterocycles.